The van der Waals surface area contributed by atoms with Gasteiger partial charge in [-0.3, -0.25) is 14.9 Å². The fourth-order valence-electron chi connectivity index (χ4n) is 4.95. The van der Waals surface area contributed by atoms with Crippen LogP contribution in [0.3, 0.4) is 0 Å². The summed E-state index contributed by atoms with van der Waals surface area (Å²) in [6.07, 6.45) is 3.28. The standard InChI is InChI=1S/C27H31N3O3/c1-7-18-10-8-9-11-22(18)30-25(32)21(24(31)28-26(30)33)14-19-13-20-17(3)15-27(4,5)29(6)23(20)12-16(19)2/h8-14,17H,7,15H2,1-6H3,(H,28,31,33)/b21-14-. The summed E-state index contributed by atoms with van der Waals surface area (Å²) in [6.45, 7) is 10.6. The number of hydrogen-bond donors (Lipinski definition) is 1. The molecule has 4 rings (SSSR count). The van der Waals surface area contributed by atoms with Gasteiger partial charge in [-0.25, -0.2) is 9.69 Å². The third kappa shape index (κ3) is 3.84. The van der Waals surface area contributed by atoms with Crippen LogP contribution in [-0.2, 0) is 16.0 Å². The number of nitrogens with one attached hydrogen (secondary N) is 1. The zero-order valence-electron chi connectivity index (χ0n) is 20.2. The first-order valence-electron chi connectivity index (χ1n) is 11.4. The highest BCUT2D eigenvalue weighted by molar-refractivity contribution is 6.39. The normalized spacial score (nSPS) is 21.3. The first kappa shape index (κ1) is 22.8. The molecule has 2 aliphatic rings. The zero-order valence-corrected chi connectivity index (χ0v) is 20.2. The maximum Gasteiger partial charge on any atom is 0.335 e. The van der Waals surface area contributed by atoms with Crippen LogP contribution >= 0.6 is 0 Å². The molecule has 2 aliphatic heterocycles. The van der Waals surface area contributed by atoms with Crippen molar-refractivity contribution < 1.29 is 14.4 Å². The van der Waals surface area contributed by atoms with Crippen molar-refractivity contribution in [2.24, 2.45) is 0 Å². The van der Waals surface area contributed by atoms with Crippen molar-refractivity contribution in [3.63, 3.8) is 0 Å². The van der Waals surface area contributed by atoms with E-state index in [1.807, 2.05) is 26.0 Å². The second kappa shape index (κ2) is 8.18. The number of carbonyl (C=O) groups is 3. The van der Waals surface area contributed by atoms with Gasteiger partial charge in [-0.05, 0) is 86.1 Å². The lowest BCUT2D eigenvalue weighted by molar-refractivity contribution is -0.122. The van der Waals surface area contributed by atoms with Crippen LogP contribution in [0.4, 0.5) is 16.2 Å². The number of benzene rings is 2. The SMILES string of the molecule is CCc1ccccc1N1C(=O)NC(=O)/C(=C/c2cc3c(cc2C)N(C)C(C)(C)CC3C)C1=O. The van der Waals surface area contributed by atoms with Crippen LogP contribution in [0.25, 0.3) is 6.08 Å². The molecule has 2 heterocycles. The van der Waals surface area contributed by atoms with Gasteiger partial charge in [-0.1, -0.05) is 32.0 Å². The first-order valence-corrected chi connectivity index (χ1v) is 11.4. The van der Waals surface area contributed by atoms with Crippen molar-refractivity contribution in [2.45, 2.75) is 58.9 Å². The van der Waals surface area contributed by atoms with Crippen LogP contribution in [0, 0.1) is 6.92 Å². The van der Waals surface area contributed by atoms with Gasteiger partial charge in [0.05, 0.1) is 5.69 Å². The maximum atomic E-state index is 13.4. The quantitative estimate of drug-likeness (QED) is 0.536. The Kier molecular flexibility index (Phi) is 5.64. The van der Waals surface area contributed by atoms with Gasteiger partial charge >= 0.3 is 6.03 Å². The van der Waals surface area contributed by atoms with Gasteiger partial charge in [0.2, 0.25) is 0 Å². The average molecular weight is 446 g/mol. The molecule has 6 nitrogen and oxygen atoms in total. The minimum absolute atomic E-state index is 0.0410. The van der Waals surface area contributed by atoms with Crippen LogP contribution in [0.15, 0.2) is 42.0 Å². The molecule has 0 saturated carbocycles. The van der Waals surface area contributed by atoms with E-state index in [0.717, 1.165) is 28.0 Å². The molecule has 0 aromatic heterocycles. The number of nitrogens with zero attached hydrogens (tertiary/aromatic N) is 2. The lowest BCUT2D eigenvalue weighted by Crippen LogP contribution is -2.54. The first-order chi connectivity index (χ1) is 15.5. The zero-order chi connectivity index (χ0) is 24.1. The predicted molar refractivity (Wildman–Crippen MR) is 132 cm³/mol. The fourth-order valence-corrected chi connectivity index (χ4v) is 4.95. The van der Waals surface area contributed by atoms with Crippen LogP contribution < -0.4 is 15.1 Å². The summed E-state index contributed by atoms with van der Waals surface area (Å²) in [5.74, 6) is -0.930. The summed E-state index contributed by atoms with van der Waals surface area (Å²) < 4.78 is 0. The van der Waals surface area contributed by atoms with Crippen molar-refractivity contribution in [1.29, 1.82) is 0 Å². The number of carbonyl (C=O) groups excluding carboxylic acids is 3. The fraction of sp³-hybridized carbons (Fsp3) is 0.370. The van der Waals surface area contributed by atoms with E-state index >= 15 is 0 Å². The molecule has 1 saturated heterocycles. The molecular formula is C27H31N3O3. The van der Waals surface area contributed by atoms with E-state index in [4.69, 9.17) is 0 Å². The molecule has 172 valence electrons. The van der Waals surface area contributed by atoms with Crippen molar-refractivity contribution in [1.82, 2.24) is 5.32 Å². The molecule has 1 fully saturated rings. The van der Waals surface area contributed by atoms with Crippen molar-refractivity contribution >= 4 is 35.3 Å². The molecule has 2 aromatic rings. The molecule has 33 heavy (non-hydrogen) atoms. The van der Waals surface area contributed by atoms with Crippen LogP contribution in [-0.4, -0.2) is 30.4 Å². The Morgan fingerprint density at radius 1 is 1.12 bits per heavy atom. The Labute approximate surface area is 195 Å². The molecular weight excluding hydrogens is 414 g/mol. The number of para-hydroxylation sites is 1. The molecule has 6 heteroatoms. The Morgan fingerprint density at radius 3 is 2.52 bits per heavy atom. The summed E-state index contributed by atoms with van der Waals surface area (Å²) >= 11 is 0. The van der Waals surface area contributed by atoms with Gasteiger partial charge in [0.25, 0.3) is 11.8 Å². The molecule has 1 atom stereocenters. The monoisotopic (exact) mass is 445 g/mol. The van der Waals surface area contributed by atoms with E-state index < -0.39 is 17.8 Å². The molecule has 0 radical (unpaired) electrons. The van der Waals surface area contributed by atoms with Crippen LogP contribution in [0.1, 0.15) is 62.3 Å². The van der Waals surface area contributed by atoms with E-state index in [1.165, 1.54) is 11.3 Å². The number of rotatable bonds is 3. The molecule has 0 bridgehead atoms. The van der Waals surface area contributed by atoms with Crippen LogP contribution in [0.5, 0.6) is 0 Å². The molecule has 4 amide bonds. The minimum atomic E-state index is -0.720. The highest BCUT2D eigenvalue weighted by Gasteiger charge is 2.38. The molecule has 1 unspecified atom stereocenters. The third-order valence-electron chi connectivity index (χ3n) is 7.04. The highest BCUT2D eigenvalue weighted by atomic mass is 16.2. The number of barbiturate groups is 1. The summed E-state index contributed by atoms with van der Waals surface area (Å²) in [4.78, 5) is 42.1. The number of urea groups is 1. The number of amides is 4. The number of imide groups is 2. The molecule has 2 aromatic carbocycles. The van der Waals surface area contributed by atoms with Gasteiger partial charge in [0.15, 0.2) is 0 Å². The van der Waals surface area contributed by atoms with Gasteiger partial charge in [-0.2, -0.15) is 0 Å². The largest absolute Gasteiger partial charge is 0.369 e. The second-order valence-corrected chi connectivity index (χ2v) is 9.68. The smallest absolute Gasteiger partial charge is 0.335 e. The van der Waals surface area contributed by atoms with Gasteiger partial charge in [0, 0.05) is 18.3 Å². The van der Waals surface area contributed by atoms with E-state index in [2.05, 4.69) is 50.2 Å². The highest BCUT2D eigenvalue weighted by Crippen LogP contribution is 2.43. The number of anilines is 2. The van der Waals surface area contributed by atoms with Crippen molar-refractivity contribution in [3.05, 3.63) is 64.2 Å². The lowest BCUT2D eigenvalue weighted by Gasteiger charge is -2.45. The average Bonchev–Trinajstić information content (AvgIpc) is 2.75. The number of hydrogen-bond acceptors (Lipinski definition) is 4. The van der Waals surface area contributed by atoms with E-state index in [0.29, 0.717) is 18.0 Å². The van der Waals surface area contributed by atoms with Gasteiger partial charge < -0.3 is 4.90 Å². The third-order valence-corrected chi connectivity index (χ3v) is 7.04. The Balaban J connectivity index is 1.79. The van der Waals surface area contributed by atoms with E-state index in [9.17, 15) is 14.4 Å². The van der Waals surface area contributed by atoms with Crippen molar-refractivity contribution in [3.8, 4) is 0 Å². The van der Waals surface area contributed by atoms with E-state index in [-0.39, 0.29) is 11.1 Å². The summed E-state index contributed by atoms with van der Waals surface area (Å²) in [5, 5.41) is 2.34. The topological polar surface area (TPSA) is 69.7 Å². The van der Waals surface area contributed by atoms with E-state index in [1.54, 1.807) is 18.2 Å². The number of fused-ring (bicyclic) bond motifs is 1. The van der Waals surface area contributed by atoms with Gasteiger partial charge in [-0.15, -0.1) is 0 Å². The predicted octanol–water partition coefficient (Wildman–Crippen LogP) is 4.95. The summed E-state index contributed by atoms with van der Waals surface area (Å²) in [6, 6.07) is 10.7. The Hall–Kier alpha value is -3.41. The maximum absolute atomic E-state index is 13.4. The Morgan fingerprint density at radius 2 is 1.82 bits per heavy atom. The summed E-state index contributed by atoms with van der Waals surface area (Å²) in [7, 11) is 2.11. The van der Waals surface area contributed by atoms with Crippen LogP contribution in [0.2, 0.25) is 0 Å². The Bertz CT molecular complexity index is 1200. The minimum Gasteiger partial charge on any atom is -0.369 e. The molecule has 0 spiro atoms. The second-order valence-electron chi connectivity index (χ2n) is 9.68. The van der Waals surface area contributed by atoms with Gasteiger partial charge in [0.1, 0.15) is 5.57 Å². The molecule has 1 N–H and O–H groups in total. The molecule has 0 aliphatic carbocycles. The van der Waals surface area contributed by atoms with Crippen molar-refractivity contribution in [2.75, 3.05) is 16.8 Å². The lowest BCUT2D eigenvalue weighted by atomic mass is 9.79. The number of aryl methyl sites for hydroxylation is 2. The summed E-state index contributed by atoms with van der Waals surface area (Å²) in [5.41, 5.74) is 5.52.